The molecule has 2 aromatic carbocycles. The number of carboxylic acid groups (broad SMARTS) is 1. The molecule has 5 nitrogen and oxygen atoms in total. The van der Waals surface area contributed by atoms with Crippen molar-refractivity contribution in [1.82, 2.24) is 4.98 Å². The van der Waals surface area contributed by atoms with Gasteiger partial charge in [0.1, 0.15) is 5.69 Å². The molecule has 8 heteroatoms. The van der Waals surface area contributed by atoms with Crippen molar-refractivity contribution in [1.29, 1.82) is 0 Å². The number of aromatic carboxylic acids is 1. The van der Waals surface area contributed by atoms with E-state index in [1.54, 1.807) is 23.1 Å². The second-order valence-corrected chi connectivity index (χ2v) is 7.08. The van der Waals surface area contributed by atoms with Crippen molar-refractivity contribution in [3.8, 4) is 0 Å². The number of halogens is 2. The number of carboxylic acids is 1. The fourth-order valence-corrected chi connectivity index (χ4v) is 3.96. The zero-order valence-electron chi connectivity index (χ0n) is 15.0. The van der Waals surface area contributed by atoms with Gasteiger partial charge in [-0.15, -0.1) is 0 Å². The Morgan fingerprint density at radius 1 is 1.18 bits per heavy atom. The third-order valence-electron chi connectivity index (χ3n) is 4.58. The first-order valence-electron chi connectivity index (χ1n) is 8.27. The summed E-state index contributed by atoms with van der Waals surface area (Å²) in [7, 11) is 0. The minimum Gasteiger partial charge on any atom is -0.477 e. The number of rotatable bonds is 3. The van der Waals surface area contributed by atoms with Crippen LogP contribution in [0.15, 0.2) is 48.0 Å². The van der Waals surface area contributed by atoms with Gasteiger partial charge in [-0.2, -0.15) is 0 Å². The quantitative estimate of drug-likeness (QED) is 0.499. The summed E-state index contributed by atoms with van der Waals surface area (Å²) in [5, 5.41) is 10.8. The summed E-state index contributed by atoms with van der Waals surface area (Å²) in [5.41, 5.74) is 2.23. The average Bonchev–Trinajstić information content (AvgIpc) is 3.17. The van der Waals surface area contributed by atoms with E-state index in [1.165, 1.54) is 0 Å². The van der Waals surface area contributed by atoms with E-state index < -0.39 is 5.97 Å². The van der Waals surface area contributed by atoms with Gasteiger partial charge in [0.25, 0.3) is 5.91 Å². The van der Waals surface area contributed by atoms with E-state index in [9.17, 15) is 14.7 Å². The molecule has 4 rings (SSSR count). The molecule has 1 aliphatic rings. The average molecular weight is 424 g/mol. The predicted molar refractivity (Wildman–Crippen MR) is 107 cm³/mol. The number of H-pyrrole nitrogens is 1. The molecule has 1 amide bonds. The molecule has 1 aliphatic heterocycles. The largest absolute Gasteiger partial charge is 1.00 e. The van der Waals surface area contributed by atoms with Crippen molar-refractivity contribution in [2.24, 2.45) is 0 Å². The number of aromatic nitrogens is 1. The predicted octanol–water partition coefficient (Wildman–Crippen LogP) is 2.00. The summed E-state index contributed by atoms with van der Waals surface area (Å²) in [6, 6.07) is 12.5. The first kappa shape index (κ1) is 21.0. The van der Waals surface area contributed by atoms with E-state index >= 15 is 0 Å². The van der Waals surface area contributed by atoms with Crippen LogP contribution >= 0.6 is 23.2 Å². The summed E-state index contributed by atoms with van der Waals surface area (Å²) in [6.45, 7) is 0.541. The number of hydrogen-bond acceptors (Lipinski definition) is 2. The molecule has 1 fully saturated rings. The van der Waals surface area contributed by atoms with Gasteiger partial charge in [0.15, 0.2) is 0 Å². The number of carbonyl (C=O) groups is 2. The van der Waals surface area contributed by atoms with Crippen molar-refractivity contribution < 1.29 is 44.3 Å². The van der Waals surface area contributed by atoms with Gasteiger partial charge in [-0.05, 0) is 36.8 Å². The van der Waals surface area contributed by atoms with Crippen molar-refractivity contribution in [3.05, 3.63) is 69.3 Å². The standard InChI is InChI=1S/C20H14Cl2N2O3.Na/c21-12-9-15(22)17-14(18(20(26)27)23-16(17)10-12)8-11-6-7-24(19(11)25)13-4-2-1-3-5-13;/h1-5,8-10,23H,6-7H2,(H,26,27);/q;+1/b11-8+;. The van der Waals surface area contributed by atoms with Crippen LogP contribution in [0, 0.1) is 0 Å². The summed E-state index contributed by atoms with van der Waals surface area (Å²) in [6.07, 6.45) is 2.14. The molecular weight excluding hydrogens is 410 g/mol. The second kappa shape index (κ2) is 8.31. The third kappa shape index (κ3) is 3.73. The van der Waals surface area contributed by atoms with Crippen molar-refractivity contribution in [2.45, 2.75) is 6.42 Å². The van der Waals surface area contributed by atoms with E-state index in [0.29, 0.717) is 45.1 Å². The van der Waals surface area contributed by atoms with Gasteiger partial charge in [-0.3, -0.25) is 4.79 Å². The molecule has 0 aliphatic carbocycles. The Morgan fingerprint density at radius 3 is 2.57 bits per heavy atom. The Bertz CT molecular complexity index is 1110. The third-order valence-corrected chi connectivity index (χ3v) is 5.09. The van der Waals surface area contributed by atoms with Crippen LogP contribution in [-0.4, -0.2) is 28.5 Å². The SMILES string of the molecule is O=C(O)c1[nH]c2cc(Cl)cc(Cl)c2c1/C=C1\CCN(c2ccccc2)C1=O.[Na+]. The summed E-state index contributed by atoms with van der Waals surface area (Å²) < 4.78 is 0. The number of anilines is 1. The smallest absolute Gasteiger partial charge is 0.477 e. The molecule has 3 aromatic rings. The van der Waals surface area contributed by atoms with Gasteiger partial charge in [0.2, 0.25) is 0 Å². The topological polar surface area (TPSA) is 73.4 Å². The first-order chi connectivity index (χ1) is 13.0. The Hall–Kier alpha value is -1.76. The van der Waals surface area contributed by atoms with Crippen LogP contribution in [0.4, 0.5) is 5.69 Å². The van der Waals surface area contributed by atoms with Crippen LogP contribution in [0.5, 0.6) is 0 Å². The maximum absolute atomic E-state index is 12.8. The number of fused-ring (bicyclic) bond motifs is 1. The summed E-state index contributed by atoms with van der Waals surface area (Å²) in [5.74, 6) is -1.27. The van der Waals surface area contributed by atoms with E-state index in [-0.39, 0.29) is 41.2 Å². The van der Waals surface area contributed by atoms with E-state index in [1.807, 2.05) is 30.3 Å². The van der Waals surface area contributed by atoms with Crippen LogP contribution in [0.25, 0.3) is 17.0 Å². The molecule has 0 saturated carbocycles. The van der Waals surface area contributed by atoms with E-state index in [0.717, 1.165) is 5.69 Å². The van der Waals surface area contributed by atoms with Crippen LogP contribution in [-0.2, 0) is 4.79 Å². The maximum atomic E-state index is 12.8. The van der Waals surface area contributed by atoms with Crippen molar-refractivity contribution >= 4 is 57.7 Å². The van der Waals surface area contributed by atoms with Gasteiger partial charge in [0, 0.05) is 39.3 Å². The zero-order valence-corrected chi connectivity index (χ0v) is 18.5. The number of hydrogen-bond donors (Lipinski definition) is 2. The van der Waals surface area contributed by atoms with Gasteiger partial charge < -0.3 is 15.0 Å². The van der Waals surface area contributed by atoms with E-state index in [4.69, 9.17) is 23.2 Å². The molecule has 2 heterocycles. The maximum Gasteiger partial charge on any atom is 1.00 e. The molecule has 28 heavy (non-hydrogen) atoms. The van der Waals surface area contributed by atoms with Gasteiger partial charge >= 0.3 is 35.5 Å². The molecule has 136 valence electrons. The number of nitrogens with one attached hydrogen (secondary N) is 1. The Kier molecular flexibility index (Phi) is 6.22. The van der Waals surface area contributed by atoms with Crippen LogP contribution in [0.1, 0.15) is 22.5 Å². The van der Waals surface area contributed by atoms with Crippen molar-refractivity contribution in [3.63, 3.8) is 0 Å². The monoisotopic (exact) mass is 423 g/mol. The molecule has 0 bridgehead atoms. The Morgan fingerprint density at radius 2 is 1.89 bits per heavy atom. The molecule has 0 spiro atoms. The molecule has 1 aromatic heterocycles. The minimum atomic E-state index is -1.13. The first-order valence-corrected chi connectivity index (χ1v) is 9.03. The summed E-state index contributed by atoms with van der Waals surface area (Å²) in [4.78, 5) is 29.1. The molecule has 0 radical (unpaired) electrons. The number of nitrogens with zero attached hydrogens (tertiary/aromatic N) is 1. The van der Waals surface area contributed by atoms with Crippen LogP contribution < -0.4 is 34.5 Å². The van der Waals surface area contributed by atoms with Crippen molar-refractivity contribution in [2.75, 3.05) is 11.4 Å². The number of carbonyl (C=O) groups excluding carboxylic acids is 1. The molecule has 2 N–H and O–H groups in total. The van der Waals surface area contributed by atoms with Gasteiger partial charge in [0.05, 0.1) is 5.02 Å². The molecular formula is C20H14Cl2N2NaO3+. The van der Waals surface area contributed by atoms with Crippen LogP contribution in [0.3, 0.4) is 0 Å². The van der Waals surface area contributed by atoms with Gasteiger partial charge in [-0.25, -0.2) is 4.79 Å². The molecule has 1 saturated heterocycles. The fraction of sp³-hybridized carbons (Fsp3) is 0.100. The molecule has 0 atom stereocenters. The second-order valence-electron chi connectivity index (χ2n) is 6.24. The zero-order chi connectivity index (χ0) is 19.1. The Balaban J connectivity index is 0.00000225. The van der Waals surface area contributed by atoms with Gasteiger partial charge in [-0.1, -0.05) is 41.4 Å². The normalized spacial score (nSPS) is 15.3. The number of aromatic amines is 1. The molecule has 0 unspecified atom stereocenters. The van der Waals surface area contributed by atoms with Crippen LogP contribution in [0.2, 0.25) is 10.0 Å². The fourth-order valence-electron chi connectivity index (χ4n) is 3.36. The van der Waals surface area contributed by atoms with E-state index in [2.05, 4.69) is 4.98 Å². The minimum absolute atomic E-state index is 0. The number of para-hydroxylation sites is 1. The number of amides is 1. The Labute approximate surface area is 193 Å². The summed E-state index contributed by atoms with van der Waals surface area (Å²) >= 11 is 12.3. The number of benzene rings is 2.